The van der Waals surface area contributed by atoms with Crippen molar-refractivity contribution >= 4 is 37.7 Å². The number of primary amides is 1. The molecule has 7 nitrogen and oxygen atoms in total. The average Bonchev–Trinajstić information content (AvgIpc) is 3.20. The molecule has 2 aromatic rings. The van der Waals surface area contributed by atoms with Crippen LogP contribution in [0.4, 0.5) is 0 Å². The molecule has 2 aromatic heterocycles. The zero-order chi connectivity index (χ0) is 18.2. The lowest BCUT2D eigenvalue weighted by atomic mass is 9.96. The number of carbonyl (C=O) groups excluding carboxylic acids is 1. The number of fused-ring (bicyclic) bond motifs is 1. The molecule has 1 amide bonds. The maximum atomic E-state index is 12.7. The van der Waals surface area contributed by atoms with E-state index < -0.39 is 16.1 Å². The minimum atomic E-state index is -3.47. The Hall–Kier alpha value is -1.55. The van der Waals surface area contributed by atoms with Gasteiger partial charge in [-0.15, -0.1) is 11.3 Å². The Morgan fingerprint density at radius 3 is 2.80 bits per heavy atom. The summed E-state index contributed by atoms with van der Waals surface area (Å²) < 4.78 is 28.5. The Morgan fingerprint density at radius 1 is 1.44 bits per heavy atom. The Labute approximate surface area is 151 Å². The van der Waals surface area contributed by atoms with Gasteiger partial charge in [-0.2, -0.15) is 17.0 Å². The second kappa shape index (κ2) is 6.99. The summed E-state index contributed by atoms with van der Waals surface area (Å²) in [6, 6.07) is 3.74. The molecule has 0 saturated carbocycles. The number of carbonyl (C=O) groups is 1. The number of amides is 1. The van der Waals surface area contributed by atoms with E-state index in [1.165, 1.54) is 19.9 Å². The lowest BCUT2D eigenvalue weighted by molar-refractivity contribution is 0.100. The second-order valence-corrected chi connectivity index (χ2v) is 8.93. The number of hydrogen-bond donors (Lipinski definition) is 1. The van der Waals surface area contributed by atoms with Gasteiger partial charge in [-0.3, -0.25) is 4.79 Å². The van der Waals surface area contributed by atoms with Crippen LogP contribution >= 0.6 is 11.3 Å². The van der Waals surface area contributed by atoms with Gasteiger partial charge in [-0.25, -0.2) is 4.98 Å². The Balaban J connectivity index is 1.96. The maximum Gasteiger partial charge on any atom is 0.281 e. The number of pyridine rings is 1. The SMILES string of the molecule is CCN(CC)S(=O)(=O)N1CC[C@H](c2c(C(N)=O)sc3ncccc23)C1. The first-order valence-electron chi connectivity index (χ1n) is 8.32. The predicted molar refractivity (Wildman–Crippen MR) is 98.9 cm³/mol. The summed E-state index contributed by atoms with van der Waals surface area (Å²) in [5.41, 5.74) is 6.41. The van der Waals surface area contributed by atoms with Crippen LogP contribution < -0.4 is 5.73 Å². The summed E-state index contributed by atoms with van der Waals surface area (Å²) >= 11 is 1.28. The van der Waals surface area contributed by atoms with Crippen LogP contribution in [0.15, 0.2) is 18.3 Å². The first-order chi connectivity index (χ1) is 11.9. The van der Waals surface area contributed by atoms with Crippen molar-refractivity contribution in [3.05, 3.63) is 28.8 Å². The molecule has 1 saturated heterocycles. The van der Waals surface area contributed by atoms with Crippen LogP contribution in [0.1, 0.15) is 41.4 Å². The molecule has 2 N–H and O–H groups in total. The van der Waals surface area contributed by atoms with Crippen LogP contribution in [0.25, 0.3) is 10.2 Å². The summed E-state index contributed by atoms with van der Waals surface area (Å²) in [4.78, 5) is 17.4. The van der Waals surface area contributed by atoms with Gasteiger partial charge in [0.25, 0.3) is 16.1 Å². The van der Waals surface area contributed by atoms with Crippen molar-refractivity contribution in [2.75, 3.05) is 26.2 Å². The number of rotatable bonds is 6. The van der Waals surface area contributed by atoms with Crippen LogP contribution in [0, 0.1) is 0 Å². The van der Waals surface area contributed by atoms with Crippen LogP contribution in [-0.2, 0) is 10.2 Å². The standard InChI is InChI=1S/C16H22N4O3S2/c1-3-19(4-2)25(22,23)20-9-7-11(10-20)13-12-6-5-8-18-16(12)24-14(13)15(17)21/h5-6,8,11H,3-4,7,9-10H2,1-2H3,(H2,17,21)/t11-/m0/s1. The summed E-state index contributed by atoms with van der Waals surface area (Å²) in [7, 11) is -3.47. The lowest BCUT2D eigenvalue weighted by Gasteiger charge is -2.25. The number of aromatic nitrogens is 1. The maximum absolute atomic E-state index is 12.7. The van der Waals surface area contributed by atoms with Gasteiger partial charge in [0.15, 0.2) is 0 Å². The Kier molecular flexibility index (Phi) is 5.10. The topological polar surface area (TPSA) is 96.6 Å². The van der Waals surface area contributed by atoms with Crippen LogP contribution in [-0.4, -0.2) is 54.1 Å². The number of nitrogens with two attached hydrogens (primary N) is 1. The van der Waals surface area contributed by atoms with Gasteiger partial charge < -0.3 is 5.73 Å². The summed E-state index contributed by atoms with van der Waals surface area (Å²) in [5, 5.41) is 0.897. The largest absolute Gasteiger partial charge is 0.365 e. The van der Waals surface area contributed by atoms with Crippen molar-refractivity contribution in [3.8, 4) is 0 Å². The summed E-state index contributed by atoms with van der Waals surface area (Å²) in [6.07, 6.45) is 2.35. The first kappa shape index (κ1) is 18.2. The van der Waals surface area contributed by atoms with Gasteiger partial charge in [0, 0.05) is 43.7 Å². The molecule has 1 fully saturated rings. The van der Waals surface area contributed by atoms with E-state index in [1.54, 1.807) is 6.20 Å². The fraction of sp³-hybridized carbons (Fsp3) is 0.500. The van der Waals surface area contributed by atoms with Gasteiger partial charge in [0.1, 0.15) is 4.83 Å². The van der Waals surface area contributed by atoms with E-state index >= 15 is 0 Å². The minimum Gasteiger partial charge on any atom is -0.365 e. The fourth-order valence-corrected chi connectivity index (χ4v) is 6.19. The molecule has 1 aliphatic heterocycles. The van der Waals surface area contributed by atoms with E-state index in [4.69, 9.17) is 5.73 Å². The lowest BCUT2D eigenvalue weighted by Crippen LogP contribution is -2.42. The van der Waals surface area contributed by atoms with Crippen molar-refractivity contribution in [1.82, 2.24) is 13.6 Å². The monoisotopic (exact) mass is 382 g/mol. The molecule has 136 valence electrons. The van der Waals surface area contributed by atoms with Crippen molar-refractivity contribution in [3.63, 3.8) is 0 Å². The zero-order valence-corrected chi connectivity index (χ0v) is 15.9. The van der Waals surface area contributed by atoms with Crippen molar-refractivity contribution in [2.45, 2.75) is 26.2 Å². The third-order valence-electron chi connectivity index (χ3n) is 4.65. The molecule has 0 radical (unpaired) electrons. The van der Waals surface area contributed by atoms with Crippen molar-refractivity contribution in [1.29, 1.82) is 0 Å². The molecule has 0 aliphatic carbocycles. The molecule has 0 bridgehead atoms. The smallest absolute Gasteiger partial charge is 0.281 e. The molecular weight excluding hydrogens is 360 g/mol. The predicted octanol–water partition coefficient (Wildman–Crippen LogP) is 1.77. The van der Waals surface area contributed by atoms with E-state index in [1.807, 2.05) is 26.0 Å². The van der Waals surface area contributed by atoms with Crippen molar-refractivity contribution < 1.29 is 13.2 Å². The Morgan fingerprint density at radius 2 is 2.16 bits per heavy atom. The number of nitrogens with zero attached hydrogens (tertiary/aromatic N) is 3. The molecule has 0 unspecified atom stereocenters. The summed E-state index contributed by atoms with van der Waals surface area (Å²) in [5.74, 6) is -0.533. The van der Waals surface area contributed by atoms with Gasteiger partial charge in [-0.05, 0) is 18.1 Å². The number of thiophene rings is 1. The van der Waals surface area contributed by atoms with E-state index in [2.05, 4.69) is 4.98 Å². The fourth-order valence-electron chi connectivity index (χ4n) is 3.43. The highest BCUT2D eigenvalue weighted by Gasteiger charge is 2.37. The number of hydrogen-bond acceptors (Lipinski definition) is 5. The Bertz CT molecular complexity index is 890. The molecule has 1 atom stereocenters. The molecule has 25 heavy (non-hydrogen) atoms. The van der Waals surface area contributed by atoms with E-state index in [0.29, 0.717) is 37.5 Å². The van der Waals surface area contributed by atoms with E-state index in [0.717, 1.165) is 15.8 Å². The normalized spacial score (nSPS) is 19.1. The quantitative estimate of drug-likeness (QED) is 0.823. The molecule has 0 spiro atoms. The van der Waals surface area contributed by atoms with Crippen LogP contribution in [0.5, 0.6) is 0 Å². The second-order valence-electron chi connectivity index (χ2n) is 6.00. The highest BCUT2D eigenvalue weighted by atomic mass is 32.2. The van der Waals surface area contributed by atoms with Gasteiger partial charge in [-0.1, -0.05) is 19.9 Å². The summed E-state index contributed by atoms with van der Waals surface area (Å²) in [6.45, 7) is 5.35. The van der Waals surface area contributed by atoms with Crippen LogP contribution in [0.2, 0.25) is 0 Å². The van der Waals surface area contributed by atoms with Gasteiger partial charge in [0.05, 0.1) is 4.88 Å². The van der Waals surface area contributed by atoms with Gasteiger partial charge >= 0.3 is 0 Å². The molecule has 3 rings (SSSR count). The average molecular weight is 383 g/mol. The third-order valence-corrected chi connectivity index (χ3v) is 7.94. The minimum absolute atomic E-state index is 0.0502. The zero-order valence-electron chi connectivity index (χ0n) is 14.3. The highest BCUT2D eigenvalue weighted by Crippen LogP contribution is 2.39. The van der Waals surface area contributed by atoms with Crippen molar-refractivity contribution in [2.24, 2.45) is 5.73 Å². The first-order valence-corrected chi connectivity index (χ1v) is 10.5. The van der Waals surface area contributed by atoms with Gasteiger partial charge in [0.2, 0.25) is 0 Å². The highest BCUT2D eigenvalue weighted by molar-refractivity contribution is 7.86. The van der Waals surface area contributed by atoms with Crippen LogP contribution in [0.3, 0.4) is 0 Å². The van der Waals surface area contributed by atoms with E-state index in [-0.39, 0.29) is 5.92 Å². The van der Waals surface area contributed by atoms with E-state index in [9.17, 15) is 13.2 Å². The molecule has 9 heteroatoms. The molecule has 3 heterocycles. The molecule has 1 aliphatic rings. The molecule has 0 aromatic carbocycles. The molecular formula is C16H22N4O3S2. The third kappa shape index (κ3) is 3.17.